The van der Waals surface area contributed by atoms with Crippen LogP contribution < -0.4 is 5.73 Å². The monoisotopic (exact) mass is 241 g/mol. The van der Waals surface area contributed by atoms with Crippen LogP contribution in [0.2, 0.25) is 0 Å². The molecule has 3 rings (SSSR count). The van der Waals surface area contributed by atoms with E-state index in [4.69, 9.17) is 5.73 Å². The lowest BCUT2D eigenvalue weighted by Crippen LogP contribution is -2.32. The Morgan fingerprint density at radius 3 is 2.94 bits per heavy atom. The van der Waals surface area contributed by atoms with E-state index in [1.54, 1.807) is 11.1 Å². The van der Waals surface area contributed by atoms with Crippen molar-refractivity contribution in [2.45, 2.75) is 12.5 Å². The third-order valence-corrected chi connectivity index (χ3v) is 3.39. The molecule has 0 unspecified atom stereocenters. The molecule has 1 aliphatic rings. The summed E-state index contributed by atoms with van der Waals surface area (Å²) in [6.07, 6.45) is 2.56. The molecule has 92 valence electrons. The second-order valence-corrected chi connectivity index (χ2v) is 4.68. The van der Waals surface area contributed by atoms with Crippen molar-refractivity contribution in [1.29, 1.82) is 0 Å². The third-order valence-electron chi connectivity index (χ3n) is 3.39. The van der Waals surface area contributed by atoms with E-state index in [-0.39, 0.29) is 11.9 Å². The van der Waals surface area contributed by atoms with Crippen molar-refractivity contribution in [2.75, 3.05) is 13.1 Å². The Balaban J connectivity index is 2.01. The van der Waals surface area contributed by atoms with Gasteiger partial charge in [-0.1, -0.05) is 24.3 Å². The summed E-state index contributed by atoms with van der Waals surface area (Å²) >= 11 is 0. The minimum absolute atomic E-state index is 0.0141. The molecule has 4 heteroatoms. The van der Waals surface area contributed by atoms with Gasteiger partial charge >= 0.3 is 0 Å². The van der Waals surface area contributed by atoms with Crippen LogP contribution in [0.1, 0.15) is 16.9 Å². The molecule has 2 N–H and O–H groups in total. The number of hydrogen-bond acceptors (Lipinski definition) is 3. The highest BCUT2D eigenvalue weighted by Gasteiger charge is 2.26. The van der Waals surface area contributed by atoms with Gasteiger partial charge in [0.2, 0.25) is 0 Å². The van der Waals surface area contributed by atoms with Gasteiger partial charge in [0, 0.05) is 30.7 Å². The summed E-state index contributed by atoms with van der Waals surface area (Å²) < 4.78 is 0. The van der Waals surface area contributed by atoms with Gasteiger partial charge in [-0.05, 0) is 17.9 Å². The number of hydrogen-bond donors (Lipinski definition) is 1. The SMILES string of the molecule is N[C@@H]1CCN(C(=O)c2nccc3ccccc23)C1. The van der Waals surface area contributed by atoms with Crippen molar-refractivity contribution in [1.82, 2.24) is 9.88 Å². The van der Waals surface area contributed by atoms with Gasteiger partial charge in [-0.3, -0.25) is 9.78 Å². The van der Waals surface area contributed by atoms with Crippen molar-refractivity contribution in [3.63, 3.8) is 0 Å². The Labute approximate surface area is 105 Å². The number of carbonyl (C=O) groups excluding carboxylic acids is 1. The number of likely N-dealkylation sites (tertiary alicyclic amines) is 1. The molecule has 1 amide bonds. The molecule has 18 heavy (non-hydrogen) atoms. The summed E-state index contributed by atoms with van der Waals surface area (Å²) in [6, 6.07) is 9.83. The van der Waals surface area contributed by atoms with Gasteiger partial charge in [0.05, 0.1) is 0 Å². The molecule has 1 fully saturated rings. The number of nitrogens with two attached hydrogens (primary N) is 1. The second kappa shape index (κ2) is 4.38. The highest BCUT2D eigenvalue weighted by atomic mass is 16.2. The van der Waals surface area contributed by atoms with Gasteiger partial charge < -0.3 is 10.6 Å². The lowest BCUT2D eigenvalue weighted by atomic mass is 10.1. The lowest BCUT2D eigenvalue weighted by molar-refractivity contribution is 0.0787. The van der Waals surface area contributed by atoms with E-state index in [0.29, 0.717) is 12.2 Å². The summed E-state index contributed by atoms with van der Waals surface area (Å²) in [6.45, 7) is 1.36. The number of nitrogens with zero attached hydrogens (tertiary/aromatic N) is 2. The van der Waals surface area contributed by atoms with E-state index in [1.807, 2.05) is 30.3 Å². The van der Waals surface area contributed by atoms with Crippen LogP contribution in [0.25, 0.3) is 10.8 Å². The molecule has 0 saturated carbocycles. The van der Waals surface area contributed by atoms with Crippen molar-refractivity contribution >= 4 is 16.7 Å². The Morgan fingerprint density at radius 2 is 2.17 bits per heavy atom. The topological polar surface area (TPSA) is 59.2 Å². The largest absolute Gasteiger partial charge is 0.336 e. The van der Waals surface area contributed by atoms with Crippen LogP contribution in [0, 0.1) is 0 Å². The summed E-state index contributed by atoms with van der Waals surface area (Å²) in [4.78, 5) is 18.4. The molecule has 2 aromatic rings. The van der Waals surface area contributed by atoms with Crippen molar-refractivity contribution < 1.29 is 4.79 Å². The first-order chi connectivity index (χ1) is 8.75. The molecule has 1 aromatic carbocycles. The quantitative estimate of drug-likeness (QED) is 0.821. The van der Waals surface area contributed by atoms with Crippen molar-refractivity contribution in [3.05, 3.63) is 42.2 Å². The molecular formula is C14H15N3O. The van der Waals surface area contributed by atoms with Crippen LogP contribution in [-0.2, 0) is 0 Å². The highest BCUT2D eigenvalue weighted by Crippen LogP contribution is 2.19. The number of fused-ring (bicyclic) bond motifs is 1. The van der Waals surface area contributed by atoms with Crippen LogP contribution in [0.4, 0.5) is 0 Å². The van der Waals surface area contributed by atoms with Crippen molar-refractivity contribution in [3.8, 4) is 0 Å². The van der Waals surface area contributed by atoms with E-state index >= 15 is 0 Å². The van der Waals surface area contributed by atoms with Crippen LogP contribution in [-0.4, -0.2) is 34.9 Å². The van der Waals surface area contributed by atoms with Crippen molar-refractivity contribution in [2.24, 2.45) is 5.73 Å². The fourth-order valence-corrected chi connectivity index (χ4v) is 2.41. The number of aromatic nitrogens is 1. The van der Waals surface area contributed by atoms with Gasteiger partial charge in [-0.15, -0.1) is 0 Å². The van der Waals surface area contributed by atoms with Crippen LogP contribution in [0.5, 0.6) is 0 Å². The number of amides is 1. The highest BCUT2D eigenvalue weighted by molar-refractivity contribution is 6.05. The Kier molecular flexibility index (Phi) is 2.72. The third kappa shape index (κ3) is 1.84. The Morgan fingerprint density at radius 1 is 1.33 bits per heavy atom. The normalized spacial score (nSPS) is 19.4. The molecule has 0 aliphatic carbocycles. The first-order valence-corrected chi connectivity index (χ1v) is 6.14. The van der Waals surface area contributed by atoms with E-state index in [0.717, 1.165) is 23.7 Å². The zero-order chi connectivity index (χ0) is 12.5. The number of benzene rings is 1. The number of rotatable bonds is 1. The smallest absolute Gasteiger partial charge is 0.273 e. The zero-order valence-corrected chi connectivity index (χ0v) is 10.0. The molecular weight excluding hydrogens is 226 g/mol. The fourth-order valence-electron chi connectivity index (χ4n) is 2.41. The maximum atomic E-state index is 12.4. The lowest BCUT2D eigenvalue weighted by Gasteiger charge is -2.16. The summed E-state index contributed by atoms with van der Waals surface area (Å²) in [5.41, 5.74) is 6.37. The maximum Gasteiger partial charge on any atom is 0.273 e. The van der Waals surface area contributed by atoms with E-state index in [2.05, 4.69) is 4.98 Å². The van der Waals surface area contributed by atoms with Gasteiger partial charge in [-0.2, -0.15) is 0 Å². The molecule has 2 heterocycles. The number of carbonyl (C=O) groups is 1. The number of pyridine rings is 1. The summed E-state index contributed by atoms with van der Waals surface area (Å²) in [5.74, 6) is -0.0141. The second-order valence-electron chi connectivity index (χ2n) is 4.68. The minimum atomic E-state index is -0.0141. The average Bonchev–Trinajstić information content (AvgIpc) is 2.84. The van der Waals surface area contributed by atoms with Crippen LogP contribution >= 0.6 is 0 Å². The van der Waals surface area contributed by atoms with Gasteiger partial charge in [0.25, 0.3) is 5.91 Å². The zero-order valence-electron chi connectivity index (χ0n) is 10.0. The predicted molar refractivity (Wildman–Crippen MR) is 70.2 cm³/mol. The fraction of sp³-hybridized carbons (Fsp3) is 0.286. The molecule has 1 aliphatic heterocycles. The molecule has 0 bridgehead atoms. The molecule has 1 atom stereocenters. The van der Waals surface area contributed by atoms with E-state index in [1.165, 1.54) is 0 Å². The Hall–Kier alpha value is -1.94. The van der Waals surface area contributed by atoms with Gasteiger partial charge in [0.15, 0.2) is 0 Å². The van der Waals surface area contributed by atoms with E-state index < -0.39 is 0 Å². The Bertz CT molecular complexity index is 591. The molecule has 1 saturated heterocycles. The molecule has 0 spiro atoms. The van der Waals surface area contributed by atoms with Crippen LogP contribution in [0.3, 0.4) is 0 Å². The summed E-state index contributed by atoms with van der Waals surface area (Å²) in [5, 5.41) is 1.95. The van der Waals surface area contributed by atoms with E-state index in [9.17, 15) is 4.79 Å². The van der Waals surface area contributed by atoms with Gasteiger partial charge in [-0.25, -0.2) is 0 Å². The van der Waals surface area contributed by atoms with Gasteiger partial charge in [0.1, 0.15) is 5.69 Å². The molecule has 1 aromatic heterocycles. The first-order valence-electron chi connectivity index (χ1n) is 6.14. The standard InChI is InChI=1S/C14H15N3O/c15-11-6-8-17(9-11)14(18)13-12-4-2-1-3-10(12)5-7-16-13/h1-5,7,11H,6,8-9,15H2/t11-/m1/s1. The molecule has 0 radical (unpaired) electrons. The predicted octanol–water partition coefficient (Wildman–Crippen LogP) is 1.41. The summed E-state index contributed by atoms with van der Waals surface area (Å²) in [7, 11) is 0. The molecule has 4 nitrogen and oxygen atoms in total. The first kappa shape index (κ1) is 11.2. The van der Waals surface area contributed by atoms with Crippen LogP contribution in [0.15, 0.2) is 36.5 Å². The maximum absolute atomic E-state index is 12.4. The average molecular weight is 241 g/mol. The minimum Gasteiger partial charge on any atom is -0.336 e.